The van der Waals surface area contributed by atoms with Crippen LogP contribution in [0, 0.1) is 12.7 Å². The summed E-state index contributed by atoms with van der Waals surface area (Å²) in [5, 5.41) is 11.5. The van der Waals surface area contributed by atoms with Gasteiger partial charge in [0.1, 0.15) is 11.4 Å². The minimum absolute atomic E-state index is 0.0825. The Balaban J connectivity index is 2.39. The summed E-state index contributed by atoms with van der Waals surface area (Å²) in [6.45, 7) is 1.83. The van der Waals surface area contributed by atoms with Crippen LogP contribution in [0.4, 0.5) is 10.1 Å². The van der Waals surface area contributed by atoms with Gasteiger partial charge in [0, 0.05) is 4.47 Å². The van der Waals surface area contributed by atoms with E-state index in [4.69, 9.17) is 5.11 Å². The molecule has 0 aliphatic rings. The van der Waals surface area contributed by atoms with Crippen molar-refractivity contribution in [3.05, 3.63) is 63.4 Å². The molecule has 0 aliphatic carbocycles. The van der Waals surface area contributed by atoms with Crippen molar-refractivity contribution in [2.24, 2.45) is 0 Å². The van der Waals surface area contributed by atoms with Gasteiger partial charge in [-0.3, -0.25) is 4.79 Å². The van der Waals surface area contributed by atoms with Crippen molar-refractivity contribution >= 4 is 33.5 Å². The third-order valence-corrected chi connectivity index (χ3v) is 3.96. The number of halogens is 2. The maximum atomic E-state index is 13.6. The molecule has 2 aromatic carbocycles. The van der Waals surface area contributed by atoms with Crippen molar-refractivity contribution in [3.63, 3.8) is 0 Å². The van der Waals surface area contributed by atoms with Crippen molar-refractivity contribution in [2.45, 2.75) is 6.92 Å². The van der Waals surface area contributed by atoms with Crippen LogP contribution in [0.15, 0.2) is 40.9 Å². The Kier molecular flexibility index (Phi) is 4.37. The second kappa shape index (κ2) is 6.05. The molecule has 0 heterocycles. The predicted octanol–water partition coefficient (Wildman–Crippen LogP) is 3.85. The van der Waals surface area contributed by atoms with Crippen LogP contribution in [0.3, 0.4) is 0 Å². The average Bonchev–Trinajstić information content (AvgIpc) is 2.41. The van der Waals surface area contributed by atoms with Gasteiger partial charge in [0.05, 0.1) is 11.3 Å². The summed E-state index contributed by atoms with van der Waals surface area (Å²) in [4.78, 5) is 23.3. The normalized spacial score (nSPS) is 10.2. The Morgan fingerprint density at radius 2 is 1.86 bits per heavy atom. The summed E-state index contributed by atoms with van der Waals surface area (Å²) < 4.78 is 14.2. The molecular weight excluding hydrogens is 341 g/mol. The summed E-state index contributed by atoms with van der Waals surface area (Å²) in [5.41, 5.74) is 0.562. The molecule has 2 N–H and O–H groups in total. The highest BCUT2D eigenvalue weighted by molar-refractivity contribution is 9.10. The van der Waals surface area contributed by atoms with Crippen molar-refractivity contribution in [1.82, 2.24) is 0 Å². The van der Waals surface area contributed by atoms with E-state index in [9.17, 15) is 14.0 Å². The molecule has 0 spiro atoms. The van der Waals surface area contributed by atoms with Gasteiger partial charge in [-0.15, -0.1) is 0 Å². The average molecular weight is 352 g/mol. The van der Waals surface area contributed by atoms with Gasteiger partial charge < -0.3 is 10.4 Å². The molecule has 0 fully saturated rings. The molecular formula is C15H11BrFNO3. The molecule has 0 unspecified atom stereocenters. The first-order valence-electron chi connectivity index (χ1n) is 6.00. The molecule has 2 rings (SSSR count). The zero-order valence-corrected chi connectivity index (χ0v) is 12.6. The summed E-state index contributed by atoms with van der Waals surface area (Å²) >= 11 is 3.30. The molecule has 1 amide bonds. The van der Waals surface area contributed by atoms with Crippen molar-refractivity contribution in [1.29, 1.82) is 0 Å². The fourth-order valence-corrected chi connectivity index (χ4v) is 2.30. The fourth-order valence-electron chi connectivity index (χ4n) is 1.86. The lowest BCUT2D eigenvalue weighted by molar-refractivity contribution is 0.0693. The molecule has 21 heavy (non-hydrogen) atoms. The van der Waals surface area contributed by atoms with Gasteiger partial charge in [-0.1, -0.05) is 18.2 Å². The summed E-state index contributed by atoms with van der Waals surface area (Å²) in [5.74, 6) is -2.85. The Labute approximate surface area is 128 Å². The van der Waals surface area contributed by atoms with Crippen LogP contribution < -0.4 is 5.32 Å². The molecule has 0 atom stereocenters. The van der Waals surface area contributed by atoms with Crippen LogP contribution in [-0.4, -0.2) is 17.0 Å². The quantitative estimate of drug-likeness (QED) is 0.882. The molecule has 0 bridgehead atoms. The first-order valence-corrected chi connectivity index (χ1v) is 6.79. The lowest BCUT2D eigenvalue weighted by Gasteiger charge is -2.11. The number of rotatable bonds is 3. The lowest BCUT2D eigenvalue weighted by Crippen LogP contribution is -2.16. The van der Waals surface area contributed by atoms with Gasteiger partial charge in [0.25, 0.3) is 5.91 Å². The highest BCUT2D eigenvalue weighted by Crippen LogP contribution is 2.24. The van der Waals surface area contributed by atoms with Crippen LogP contribution in [0.2, 0.25) is 0 Å². The molecule has 0 saturated carbocycles. The molecule has 0 aromatic heterocycles. The summed E-state index contributed by atoms with van der Waals surface area (Å²) in [6.07, 6.45) is 0. The number of amides is 1. The smallest absolute Gasteiger partial charge is 0.340 e. The van der Waals surface area contributed by atoms with E-state index in [1.165, 1.54) is 12.1 Å². The third kappa shape index (κ3) is 3.11. The molecule has 0 saturated heterocycles. The Bertz CT molecular complexity index is 731. The number of benzene rings is 2. The highest BCUT2D eigenvalue weighted by atomic mass is 79.9. The molecule has 0 radical (unpaired) electrons. The van der Waals surface area contributed by atoms with E-state index < -0.39 is 23.3 Å². The Morgan fingerprint density at radius 1 is 1.19 bits per heavy atom. The molecule has 2 aromatic rings. The monoisotopic (exact) mass is 351 g/mol. The Morgan fingerprint density at radius 3 is 2.52 bits per heavy atom. The fraction of sp³-hybridized carbons (Fsp3) is 0.0667. The minimum atomic E-state index is -1.44. The van der Waals surface area contributed by atoms with E-state index in [0.29, 0.717) is 10.0 Å². The van der Waals surface area contributed by atoms with E-state index in [1.54, 1.807) is 12.1 Å². The molecule has 0 aliphatic heterocycles. The van der Waals surface area contributed by atoms with Crippen LogP contribution >= 0.6 is 15.9 Å². The zero-order chi connectivity index (χ0) is 15.6. The van der Waals surface area contributed by atoms with E-state index >= 15 is 0 Å². The van der Waals surface area contributed by atoms with Gasteiger partial charge >= 0.3 is 5.97 Å². The number of carboxylic acid groups (broad SMARTS) is 1. The van der Waals surface area contributed by atoms with Crippen molar-refractivity contribution in [3.8, 4) is 0 Å². The second-order valence-corrected chi connectivity index (χ2v) is 5.15. The van der Waals surface area contributed by atoms with Crippen LogP contribution in [0.1, 0.15) is 26.3 Å². The van der Waals surface area contributed by atoms with Gasteiger partial charge in [0.2, 0.25) is 0 Å². The number of hydrogen-bond acceptors (Lipinski definition) is 2. The Hall–Kier alpha value is -2.21. The van der Waals surface area contributed by atoms with E-state index in [-0.39, 0.29) is 5.69 Å². The standard InChI is InChI=1S/C15H11BrFNO3/c1-8-4-2-5-9(13(8)16)14(19)18-11-7-3-6-10(17)12(11)15(20)21/h2-7H,1H3,(H,18,19)(H,20,21). The number of aryl methyl sites for hydroxylation is 1. The van der Waals surface area contributed by atoms with Crippen molar-refractivity contribution < 1.29 is 19.1 Å². The summed E-state index contributed by atoms with van der Waals surface area (Å²) in [7, 11) is 0. The number of hydrogen-bond donors (Lipinski definition) is 2. The van der Waals surface area contributed by atoms with Crippen LogP contribution in [-0.2, 0) is 0 Å². The molecule has 108 valence electrons. The maximum absolute atomic E-state index is 13.6. The van der Waals surface area contributed by atoms with E-state index in [1.807, 2.05) is 13.0 Å². The number of carboxylic acids is 1. The van der Waals surface area contributed by atoms with E-state index in [0.717, 1.165) is 11.6 Å². The first-order chi connectivity index (χ1) is 9.91. The number of carbonyl (C=O) groups is 2. The maximum Gasteiger partial charge on any atom is 0.340 e. The number of nitrogens with one attached hydrogen (secondary N) is 1. The van der Waals surface area contributed by atoms with Gasteiger partial charge in [-0.25, -0.2) is 9.18 Å². The summed E-state index contributed by atoms with van der Waals surface area (Å²) in [6, 6.07) is 8.83. The van der Waals surface area contributed by atoms with Gasteiger partial charge in [0.15, 0.2) is 0 Å². The largest absolute Gasteiger partial charge is 0.478 e. The SMILES string of the molecule is Cc1cccc(C(=O)Nc2cccc(F)c2C(=O)O)c1Br. The first kappa shape index (κ1) is 15.2. The topological polar surface area (TPSA) is 66.4 Å². The van der Waals surface area contributed by atoms with Crippen LogP contribution in [0.25, 0.3) is 0 Å². The predicted molar refractivity (Wildman–Crippen MR) is 80.2 cm³/mol. The van der Waals surface area contributed by atoms with Crippen molar-refractivity contribution in [2.75, 3.05) is 5.32 Å². The molecule has 4 nitrogen and oxygen atoms in total. The zero-order valence-electron chi connectivity index (χ0n) is 11.0. The third-order valence-electron chi connectivity index (χ3n) is 2.91. The minimum Gasteiger partial charge on any atom is -0.478 e. The number of aromatic carboxylic acids is 1. The van der Waals surface area contributed by atoms with Crippen LogP contribution in [0.5, 0.6) is 0 Å². The lowest BCUT2D eigenvalue weighted by atomic mass is 10.1. The second-order valence-electron chi connectivity index (χ2n) is 4.36. The highest BCUT2D eigenvalue weighted by Gasteiger charge is 2.19. The van der Waals surface area contributed by atoms with Gasteiger partial charge in [-0.2, -0.15) is 0 Å². The molecule has 6 heteroatoms. The van der Waals surface area contributed by atoms with E-state index in [2.05, 4.69) is 21.2 Å². The number of anilines is 1. The van der Waals surface area contributed by atoms with Gasteiger partial charge in [-0.05, 0) is 46.6 Å². The number of carbonyl (C=O) groups excluding carboxylic acids is 1.